The first kappa shape index (κ1) is 15.2. The van der Waals surface area contributed by atoms with Crippen molar-refractivity contribution in [3.05, 3.63) is 70.7 Å². The fourth-order valence-corrected chi connectivity index (χ4v) is 2.58. The van der Waals surface area contributed by atoms with Gasteiger partial charge in [0.15, 0.2) is 0 Å². The van der Waals surface area contributed by atoms with Crippen LogP contribution in [0.1, 0.15) is 27.2 Å². The number of aryl methyl sites for hydroxylation is 3. The number of hydrogen-bond acceptors (Lipinski definition) is 2. The van der Waals surface area contributed by atoms with Gasteiger partial charge in [-0.3, -0.25) is 9.78 Å². The average molecular weight is 308 g/mol. The van der Waals surface area contributed by atoms with Gasteiger partial charge in [-0.1, -0.05) is 12.1 Å². The lowest BCUT2D eigenvalue weighted by molar-refractivity contribution is 0.102. The first-order valence-electron chi connectivity index (χ1n) is 7.39. The van der Waals surface area contributed by atoms with Crippen molar-refractivity contribution < 1.29 is 9.18 Å². The van der Waals surface area contributed by atoms with E-state index in [4.69, 9.17) is 0 Å². The van der Waals surface area contributed by atoms with Crippen LogP contribution in [0, 0.1) is 26.6 Å². The van der Waals surface area contributed by atoms with Gasteiger partial charge < -0.3 is 5.32 Å². The van der Waals surface area contributed by atoms with Crippen LogP contribution >= 0.6 is 0 Å². The molecule has 2 aromatic carbocycles. The molecule has 116 valence electrons. The molecule has 0 aliphatic rings. The highest BCUT2D eigenvalue weighted by atomic mass is 19.1. The van der Waals surface area contributed by atoms with Crippen LogP contribution in [-0.2, 0) is 0 Å². The van der Waals surface area contributed by atoms with Crippen molar-refractivity contribution in [2.24, 2.45) is 0 Å². The number of carbonyl (C=O) groups excluding carboxylic acids is 1. The van der Waals surface area contributed by atoms with E-state index in [1.165, 1.54) is 12.1 Å². The fraction of sp³-hybridized carbons (Fsp3) is 0.158. The smallest absolute Gasteiger partial charge is 0.256 e. The zero-order chi connectivity index (χ0) is 16.6. The fourth-order valence-electron chi connectivity index (χ4n) is 2.58. The highest BCUT2D eigenvalue weighted by Crippen LogP contribution is 2.22. The highest BCUT2D eigenvalue weighted by molar-refractivity contribution is 6.12. The maximum Gasteiger partial charge on any atom is 0.256 e. The summed E-state index contributed by atoms with van der Waals surface area (Å²) in [6, 6.07) is 11.8. The molecule has 1 amide bonds. The second-order valence-corrected chi connectivity index (χ2v) is 5.75. The maximum absolute atomic E-state index is 13.6. The molecular weight excluding hydrogens is 291 g/mol. The minimum atomic E-state index is -0.385. The summed E-state index contributed by atoms with van der Waals surface area (Å²) in [4.78, 5) is 17.0. The maximum atomic E-state index is 13.6. The number of pyridine rings is 1. The predicted octanol–water partition coefficient (Wildman–Crippen LogP) is 4.55. The number of carbonyl (C=O) groups is 1. The molecule has 0 unspecified atom stereocenters. The molecule has 4 heteroatoms. The zero-order valence-electron chi connectivity index (χ0n) is 13.3. The van der Waals surface area contributed by atoms with Gasteiger partial charge in [0.2, 0.25) is 0 Å². The van der Waals surface area contributed by atoms with Crippen molar-refractivity contribution in [1.29, 1.82) is 0 Å². The van der Waals surface area contributed by atoms with Crippen LogP contribution in [0.4, 0.5) is 10.1 Å². The first-order valence-corrected chi connectivity index (χ1v) is 7.39. The number of nitrogens with zero attached hydrogens (tertiary/aromatic N) is 1. The molecule has 3 nitrogen and oxygen atoms in total. The summed E-state index contributed by atoms with van der Waals surface area (Å²) in [7, 11) is 0. The number of rotatable bonds is 2. The minimum Gasteiger partial charge on any atom is -0.322 e. The average Bonchev–Trinajstić information content (AvgIpc) is 2.50. The molecule has 3 aromatic rings. The standard InChI is InChI=1S/C19H17FN2O/c1-11-4-5-12(2)18(8-11)22-19(23)16-9-13(3)21-17-7-6-14(20)10-15(16)17/h4-10H,1-3H3,(H,22,23). The summed E-state index contributed by atoms with van der Waals surface area (Å²) in [5.74, 6) is -0.649. The number of anilines is 1. The van der Waals surface area contributed by atoms with Crippen molar-refractivity contribution in [2.75, 3.05) is 5.32 Å². The van der Waals surface area contributed by atoms with E-state index in [2.05, 4.69) is 10.3 Å². The van der Waals surface area contributed by atoms with Crippen LogP contribution < -0.4 is 5.32 Å². The van der Waals surface area contributed by atoms with Crippen molar-refractivity contribution in [2.45, 2.75) is 20.8 Å². The summed E-state index contributed by atoms with van der Waals surface area (Å²) in [6.07, 6.45) is 0. The second-order valence-electron chi connectivity index (χ2n) is 5.75. The first-order chi connectivity index (χ1) is 10.9. The number of aromatic nitrogens is 1. The Bertz CT molecular complexity index is 919. The van der Waals surface area contributed by atoms with Gasteiger partial charge in [0, 0.05) is 16.8 Å². The van der Waals surface area contributed by atoms with E-state index in [1.807, 2.05) is 39.0 Å². The van der Waals surface area contributed by atoms with Crippen LogP contribution in [0.5, 0.6) is 0 Å². The lowest BCUT2D eigenvalue weighted by atomic mass is 10.1. The van der Waals surface area contributed by atoms with Gasteiger partial charge in [-0.05, 0) is 62.2 Å². The van der Waals surface area contributed by atoms with Crippen molar-refractivity contribution in [3.8, 4) is 0 Å². The normalized spacial score (nSPS) is 10.8. The molecule has 0 aliphatic carbocycles. The van der Waals surface area contributed by atoms with Gasteiger partial charge in [0.1, 0.15) is 5.82 Å². The Labute approximate surface area is 134 Å². The summed E-state index contributed by atoms with van der Waals surface area (Å²) >= 11 is 0. The lowest BCUT2D eigenvalue weighted by Gasteiger charge is -2.11. The van der Waals surface area contributed by atoms with E-state index in [0.29, 0.717) is 16.5 Å². The Morgan fingerprint density at radius 3 is 2.61 bits per heavy atom. The number of fused-ring (bicyclic) bond motifs is 1. The van der Waals surface area contributed by atoms with Crippen LogP contribution in [-0.4, -0.2) is 10.9 Å². The Morgan fingerprint density at radius 1 is 1.04 bits per heavy atom. The van der Waals surface area contributed by atoms with Gasteiger partial charge in [0.25, 0.3) is 5.91 Å². The van der Waals surface area contributed by atoms with Crippen molar-refractivity contribution >= 4 is 22.5 Å². The Morgan fingerprint density at radius 2 is 1.83 bits per heavy atom. The van der Waals surface area contributed by atoms with Gasteiger partial charge in [-0.25, -0.2) is 4.39 Å². The van der Waals surface area contributed by atoms with E-state index >= 15 is 0 Å². The molecule has 0 bridgehead atoms. The third-order valence-corrected chi connectivity index (χ3v) is 3.78. The molecule has 0 fully saturated rings. The topological polar surface area (TPSA) is 42.0 Å². The van der Waals surface area contributed by atoms with Gasteiger partial charge in [-0.15, -0.1) is 0 Å². The predicted molar refractivity (Wildman–Crippen MR) is 90.3 cm³/mol. The number of halogens is 1. The Kier molecular flexibility index (Phi) is 3.82. The SMILES string of the molecule is Cc1ccc(C)c(NC(=O)c2cc(C)nc3ccc(F)cc23)c1. The molecule has 1 aromatic heterocycles. The molecular formula is C19H17FN2O. The van der Waals surface area contributed by atoms with Crippen LogP contribution in [0.2, 0.25) is 0 Å². The summed E-state index contributed by atoms with van der Waals surface area (Å²) in [6.45, 7) is 5.72. The zero-order valence-corrected chi connectivity index (χ0v) is 13.3. The Balaban J connectivity index is 2.07. The molecule has 0 saturated heterocycles. The van der Waals surface area contributed by atoms with Gasteiger partial charge >= 0.3 is 0 Å². The summed E-state index contributed by atoms with van der Waals surface area (Å²) in [5, 5.41) is 3.43. The molecule has 0 saturated carbocycles. The number of benzene rings is 2. The van der Waals surface area contributed by atoms with Crippen molar-refractivity contribution in [1.82, 2.24) is 4.98 Å². The molecule has 0 spiro atoms. The van der Waals surface area contributed by atoms with Crippen LogP contribution in [0.15, 0.2) is 42.5 Å². The quantitative estimate of drug-likeness (QED) is 0.754. The van der Waals surface area contributed by atoms with E-state index in [-0.39, 0.29) is 11.7 Å². The number of amides is 1. The van der Waals surface area contributed by atoms with Crippen molar-refractivity contribution in [3.63, 3.8) is 0 Å². The number of hydrogen-bond donors (Lipinski definition) is 1. The second kappa shape index (κ2) is 5.80. The van der Waals surface area contributed by atoms with E-state index in [9.17, 15) is 9.18 Å². The molecule has 1 heterocycles. The molecule has 1 N–H and O–H groups in total. The monoisotopic (exact) mass is 308 g/mol. The lowest BCUT2D eigenvalue weighted by Crippen LogP contribution is -2.14. The third-order valence-electron chi connectivity index (χ3n) is 3.78. The highest BCUT2D eigenvalue weighted by Gasteiger charge is 2.14. The van der Waals surface area contributed by atoms with Crippen LogP contribution in [0.25, 0.3) is 10.9 Å². The minimum absolute atomic E-state index is 0.264. The molecule has 0 atom stereocenters. The number of nitrogens with one attached hydrogen (secondary N) is 1. The molecule has 23 heavy (non-hydrogen) atoms. The molecule has 0 radical (unpaired) electrons. The summed E-state index contributed by atoms with van der Waals surface area (Å²) < 4.78 is 13.6. The van der Waals surface area contributed by atoms with E-state index in [0.717, 1.165) is 22.5 Å². The van der Waals surface area contributed by atoms with Gasteiger partial charge in [0.05, 0.1) is 11.1 Å². The van der Waals surface area contributed by atoms with E-state index < -0.39 is 0 Å². The third kappa shape index (κ3) is 3.06. The van der Waals surface area contributed by atoms with Crippen LogP contribution in [0.3, 0.4) is 0 Å². The Hall–Kier alpha value is -2.75. The molecule has 3 rings (SSSR count). The van der Waals surface area contributed by atoms with E-state index in [1.54, 1.807) is 12.1 Å². The largest absolute Gasteiger partial charge is 0.322 e. The molecule has 0 aliphatic heterocycles. The van der Waals surface area contributed by atoms with Gasteiger partial charge in [-0.2, -0.15) is 0 Å². The summed E-state index contributed by atoms with van der Waals surface area (Å²) in [5.41, 5.74) is 4.55.